The molecule has 0 amide bonds. The highest BCUT2D eigenvalue weighted by molar-refractivity contribution is 4.88. The molecule has 0 aromatic rings. The van der Waals surface area contributed by atoms with Crippen molar-refractivity contribution >= 4 is 0 Å². The van der Waals surface area contributed by atoms with Crippen molar-refractivity contribution in [2.45, 2.75) is 66.0 Å². The molecule has 0 bridgehead atoms. The lowest BCUT2D eigenvalue weighted by atomic mass is 9.77. The molecule has 0 heterocycles. The van der Waals surface area contributed by atoms with E-state index in [9.17, 15) is 0 Å². The summed E-state index contributed by atoms with van der Waals surface area (Å²) in [6.45, 7) is 13.8. The summed E-state index contributed by atoms with van der Waals surface area (Å²) in [7, 11) is 0. The lowest BCUT2D eigenvalue weighted by Crippen LogP contribution is -2.50. The summed E-state index contributed by atoms with van der Waals surface area (Å²) in [4.78, 5) is 2.71. The van der Waals surface area contributed by atoms with Gasteiger partial charge in [0.25, 0.3) is 0 Å². The van der Waals surface area contributed by atoms with Crippen molar-refractivity contribution in [3.05, 3.63) is 0 Å². The summed E-state index contributed by atoms with van der Waals surface area (Å²) in [5, 5.41) is 0. The van der Waals surface area contributed by atoms with E-state index in [0.717, 1.165) is 18.4 Å². The van der Waals surface area contributed by atoms with Gasteiger partial charge in [-0.2, -0.15) is 0 Å². The van der Waals surface area contributed by atoms with Crippen LogP contribution in [0.3, 0.4) is 0 Å². The summed E-state index contributed by atoms with van der Waals surface area (Å²) in [5.74, 6) is 2.33. The van der Waals surface area contributed by atoms with Gasteiger partial charge in [0.15, 0.2) is 0 Å². The van der Waals surface area contributed by atoms with Gasteiger partial charge in [-0.15, -0.1) is 0 Å². The molecule has 102 valence electrons. The third-order valence-electron chi connectivity index (χ3n) is 4.19. The van der Waals surface area contributed by atoms with Gasteiger partial charge in [-0.1, -0.05) is 27.2 Å². The Bertz CT molecular complexity index is 213. The Morgan fingerprint density at radius 2 is 1.82 bits per heavy atom. The number of nitrogens with zero attached hydrogens (tertiary/aromatic N) is 1. The molecule has 1 saturated carbocycles. The minimum Gasteiger partial charge on any atom is -0.330 e. The van der Waals surface area contributed by atoms with Crippen LogP contribution in [-0.4, -0.2) is 30.1 Å². The third-order valence-corrected chi connectivity index (χ3v) is 4.19. The first-order valence-electron chi connectivity index (χ1n) is 7.41. The van der Waals surface area contributed by atoms with E-state index in [4.69, 9.17) is 5.73 Å². The molecule has 2 N–H and O–H groups in total. The number of nitrogens with two attached hydrogens (primary N) is 1. The van der Waals surface area contributed by atoms with Crippen LogP contribution in [0.1, 0.15) is 53.9 Å². The van der Waals surface area contributed by atoms with Crippen LogP contribution in [-0.2, 0) is 0 Å². The van der Waals surface area contributed by atoms with Gasteiger partial charge in [-0.3, -0.25) is 4.90 Å². The fourth-order valence-electron chi connectivity index (χ4n) is 3.25. The van der Waals surface area contributed by atoms with Crippen LogP contribution in [0.25, 0.3) is 0 Å². The molecule has 0 saturated heterocycles. The van der Waals surface area contributed by atoms with Gasteiger partial charge in [-0.25, -0.2) is 0 Å². The first-order valence-corrected chi connectivity index (χ1v) is 7.41. The SMILES string of the molecule is CC(C)CN(C(C)C)C1CC(C)CCC1CN. The van der Waals surface area contributed by atoms with Gasteiger partial charge >= 0.3 is 0 Å². The molecule has 0 radical (unpaired) electrons. The van der Waals surface area contributed by atoms with E-state index in [0.29, 0.717) is 18.0 Å². The summed E-state index contributed by atoms with van der Waals surface area (Å²) >= 11 is 0. The highest BCUT2D eigenvalue weighted by Crippen LogP contribution is 2.33. The zero-order valence-corrected chi connectivity index (χ0v) is 12.4. The van der Waals surface area contributed by atoms with Crippen molar-refractivity contribution in [1.29, 1.82) is 0 Å². The Balaban J connectivity index is 2.74. The maximum Gasteiger partial charge on any atom is 0.0141 e. The molecule has 0 aromatic heterocycles. The van der Waals surface area contributed by atoms with Crippen molar-refractivity contribution in [2.24, 2.45) is 23.5 Å². The number of hydrogen-bond donors (Lipinski definition) is 1. The minimum atomic E-state index is 0.641. The average molecular weight is 240 g/mol. The van der Waals surface area contributed by atoms with E-state index in [-0.39, 0.29) is 0 Å². The van der Waals surface area contributed by atoms with E-state index in [1.807, 2.05) is 0 Å². The lowest BCUT2D eigenvalue weighted by molar-refractivity contribution is 0.0514. The molecule has 17 heavy (non-hydrogen) atoms. The highest BCUT2D eigenvalue weighted by Gasteiger charge is 2.33. The molecule has 1 aliphatic rings. The van der Waals surface area contributed by atoms with Gasteiger partial charge < -0.3 is 5.73 Å². The number of rotatable bonds is 5. The van der Waals surface area contributed by atoms with Gasteiger partial charge in [0.2, 0.25) is 0 Å². The first kappa shape index (κ1) is 15.0. The van der Waals surface area contributed by atoms with Gasteiger partial charge in [0.1, 0.15) is 0 Å². The molecule has 2 nitrogen and oxygen atoms in total. The van der Waals surface area contributed by atoms with Gasteiger partial charge in [0, 0.05) is 18.6 Å². The predicted octanol–water partition coefficient (Wildman–Crippen LogP) is 3.12. The van der Waals surface area contributed by atoms with Crippen molar-refractivity contribution in [2.75, 3.05) is 13.1 Å². The Labute approximate surface area is 108 Å². The fourth-order valence-corrected chi connectivity index (χ4v) is 3.25. The summed E-state index contributed by atoms with van der Waals surface area (Å²) in [6.07, 6.45) is 4.03. The molecule has 2 heteroatoms. The zero-order chi connectivity index (χ0) is 13.0. The van der Waals surface area contributed by atoms with Crippen molar-refractivity contribution in [1.82, 2.24) is 4.90 Å². The molecular weight excluding hydrogens is 208 g/mol. The molecule has 1 aliphatic carbocycles. The van der Waals surface area contributed by atoms with E-state index in [1.54, 1.807) is 0 Å². The third kappa shape index (κ3) is 4.26. The topological polar surface area (TPSA) is 29.3 Å². The summed E-state index contributed by atoms with van der Waals surface area (Å²) in [6, 6.07) is 1.35. The predicted molar refractivity (Wildman–Crippen MR) is 76.0 cm³/mol. The zero-order valence-electron chi connectivity index (χ0n) is 12.4. The quantitative estimate of drug-likeness (QED) is 0.800. The summed E-state index contributed by atoms with van der Waals surface area (Å²) in [5.41, 5.74) is 5.98. The smallest absolute Gasteiger partial charge is 0.0141 e. The Morgan fingerprint density at radius 1 is 1.18 bits per heavy atom. The Hall–Kier alpha value is -0.0800. The van der Waals surface area contributed by atoms with Crippen molar-refractivity contribution in [3.8, 4) is 0 Å². The normalized spacial score (nSPS) is 30.5. The molecule has 3 unspecified atom stereocenters. The fraction of sp³-hybridized carbons (Fsp3) is 1.00. The van der Waals surface area contributed by atoms with E-state index in [1.165, 1.54) is 25.8 Å². The van der Waals surface area contributed by atoms with Crippen LogP contribution >= 0.6 is 0 Å². The van der Waals surface area contributed by atoms with Gasteiger partial charge in [0.05, 0.1) is 0 Å². The highest BCUT2D eigenvalue weighted by atomic mass is 15.2. The van der Waals surface area contributed by atoms with E-state index in [2.05, 4.69) is 39.5 Å². The molecular formula is C15H32N2. The molecule has 0 aromatic carbocycles. The molecule has 1 rings (SSSR count). The van der Waals surface area contributed by atoms with Crippen LogP contribution in [0.2, 0.25) is 0 Å². The standard InChI is InChI=1S/C15H32N2/c1-11(2)10-17(12(3)4)15-8-13(5)6-7-14(15)9-16/h11-15H,6-10,16H2,1-5H3. The van der Waals surface area contributed by atoms with Crippen LogP contribution in [0.5, 0.6) is 0 Å². The monoisotopic (exact) mass is 240 g/mol. The first-order chi connectivity index (χ1) is 7.95. The second-order valence-electron chi connectivity index (χ2n) is 6.67. The van der Waals surface area contributed by atoms with Crippen molar-refractivity contribution < 1.29 is 0 Å². The minimum absolute atomic E-state index is 0.641. The van der Waals surface area contributed by atoms with Crippen LogP contribution < -0.4 is 5.73 Å². The van der Waals surface area contributed by atoms with Gasteiger partial charge in [-0.05, 0) is 51.0 Å². The maximum absolute atomic E-state index is 5.98. The van der Waals surface area contributed by atoms with Crippen LogP contribution in [0.4, 0.5) is 0 Å². The Morgan fingerprint density at radius 3 is 2.29 bits per heavy atom. The van der Waals surface area contributed by atoms with E-state index >= 15 is 0 Å². The second kappa shape index (κ2) is 6.75. The second-order valence-corrected chi connectivity index (χ2v) is 6.67. The molecule has 3 atom stereocenters. The maximum atomic E-state index is 5.98. The molecule has 0 spiro atoms. The number of hydrogen-bond acceptors (Lipinski definition) is 2. The van der Waals surface area contributed by atoms with E-state index < -0.39 is 0 Å². The largest absolute Gasteiger partial charge is 0.330 e. The van der Waals surface area contributed by atoms with Crippen LogP contribution in [0, 0.1) is 17.8 Å². The summed E-state index contributed by atoms with van der Waals surface area (Å²) < 4.78 is 0. The Kier molecular flexibility index (Phi) is 5.94. The lowest BCUT2D eigenvalue weighted by Gasteiger charge is -2.44. The molecule has 0 aliphatic heterocycles. The molecule has 1 fully saturated rings. The average Bonchev–Trinajstić information content (AvgIpc) is 2.25. The van der Waals surface area contributed by atoms with Crippen LogP contribution in [0.15, 0.2) is 0 Å². The van der Waals surface area contributed by atoms with Crippen molar-refractivity contribution in [3.63, 3.8) is 0 Å².